The van der Waals surface area contributed by atoms with Crippen LogP contribution in [0, 0.1) is 0 Å². The average Bonchev–Trinajstić information content (AvgIpc) is 2.00. The maximum atomic E-state index is 12.1. The predicted molar refractivity (Wildman–Crippen MR) is 40.9 cm³/mol. The van der Waals surface area contributed by atoms with Crippen LogP contribution in [0.25, 0.3) is 0 Å². The van der Waals surface area contributed by atoms with Crippen LogP contribution in [0.4, 0.5) is 22.0 Å². The first-order valence-corrected chi connectivity index (χ1v) is 3.86. The van der Waals surface area contributed by atoms with Gasteiger partial charge < -0.3 is 5.11 Å². The Hall–Kier alpha value is -1.11. The van der Waals surface area contributed by atoms with E-state index < -0.39 is 34.8 Å². The van der Waals surface area contributed by atoms with Gasteiger partial charge in [0.2, 0.25) is 0 Å². The Bertz CT molecular complexity index is 378. The van der Waals surface area contributed by atoms with Crippen molar-refractivity contribution in [1.82, 2.24) is 4.98 Å². The predicted octanol–water partition coefficient (Wildman–Crippen LogP) is 3.40. The highest BCUT2D eigenvalue weighted by Crippen LogP contribution is 2.38. The minimum absolute atomic E-state index is 0.388. The number of hydrogen-bond donors (Lipinski definition) is 1. The number of nitrogens with zero attached hydrogens (tertiary/aromatic N) is 1. The highest BCUT2D eigenvalue weighted by Gasteiger charge is 2.37. The van der Waals surface area contributed by atoms with Gasteiger partial charge in [0, 0.05) is 6.07 Å². The molecular formula is C7H3ClF5NO. The van der Waals surface area contributed by atoms with E-state index in [2.05, 4.69) is 4.98 Å². The van der Waals surface area contributed by atoms with E-state index in [9.17, 15) is 22.0 Å². The van der Waals surface area contributed by atoms with Crippen molar-refractivity contribution in [2.75, 3.05) is 0 Å². The summed E-state index contributed by atoms with van der Waals surface area (Å²) in [5, 5.41) is 8.11. The van der Waals surface area contributed by atoms with Crippen molar-refractivity contribution in [2.24, 2.45) is 0 Å². The van der Waals surface area contributed by atoms with Crippen molar-refractivity contribution in [1.29, 1.82) is 0 Å². The van der Waals surface area contributed by atoms with Gasteiger partial charge in [-0.1, -0.05) is 11.6 Å². The van der Waals surface area contributed by atoms with Gasteiger partial charge in [-0.2, -0.15) is 13.2 Å². The Morgan fingerprint density at radius 1 is 1.33 bits per heavy atom. The summed E-state index contributed by atoms with van der Waals surface area (Å²) in [6.45, 7) is 0. The summed E-state index contributed by atoms with van der Waals surface area (Å²) >= 11 is 5.18. The fraction of sp³-hybridized carbons (Fsp3) is 0.286. The van der Waals surface area contributed by atoms with E-state index >= 15 is 0 Å². The van der Waals surface area contributed by atoms with E-state index in [0.717, 1.165) is 0 Å². The van der Waals surface area contributed by atoms with Gasteiger partial charge in [-0.05, 0) is 0 Å². The molecule has 0 unspecified atom stereocenters. The lowest BCUT2D eigenvalue weighted by atomic mass is 10.2. The second-order valence-corrected chi connectivity index (χ2v) is 2.93. The standard InChI is InChI=1S/C7H3ClF5NO/c8-2-1-3(15)5(7(11,12)13)14-4(2)6(9)10/h1,6,15H. The molecule has 0 bridgehead atoms. The van der Waals surface area contributed by atoms with Crippen molar-refractivity contribution in [3.8, 4) is 5.75 Å². The maximum absolute atomic E-state index is 12.1. The van der Waals surface area contributed by atoms with Gasteiger partial charge in [-0.15, -0.1) is 0 Å². The fourth-order valence-electron chi connectivity index (χ4n) is 0.855. The summed E-state index contributed by atoms with van der Waals surface area (Å²) in [4.78, 5) is 2.59. The van der Waals surface area contributed by atoms with Crippen molar-refractivity contribution in [2.45, 2.75) is 12.6 Å². The number of halogens is 6. The molecule has 0 aliphatic rings. The molecule has 0 amide bonds. The third kappa shape index (κ3) is 2.47. The number of alkyl halides is 5. The Kier molecular flexibility index (Phi) is 3.03. The Morgan fingerprint density at radius 3 is 2.27 bits per heavy atom. The molecular weight excluding hydrogens is 245 g/mol. The molecule has 8 heteroatoms. The largest absolute Gasteiger partial charge is 0.506 e. The average molecular weight is 248 g/mol. The number of aromatic nitrogens is 1. The van der Waals surface area contributed by atoms with Gasteiger partial charge in [-0.3, -0.25) is 0 Å². The first kappa shape index (κ1) is 12.0. The van der Waals surface area contributed by atoms with Crippen LogP contribution in [0.5, 0.6) is 5.75 Å². The molecule has 84 valence electrons. The lowest BCUT2D eigenvalue weighted by Crippen LogP contribution is -2.10. The number of pyridine rings is 1. The summed E-state index contributed by atoms with van der Waals surface area (Å²) < 4.78 is 60.6. The van der Waals surface area contributed by atoms with Crippen LogP contribution in [0.2, 0.25) is 5.02 Å². The van der Waals surface area contributed by atoms with Gasteiger partial charge in [0.15, 0.2) is 5.69 Å². The molecule has 0 aliphatic carbocycles. The number of hydrogen-bond acceptors (Lipinski definition) is 2. The topological polar surface area (TPSA) is 33.1 Å². The molecule has 15 heavy (non-hydrogen) atoms. The third-order valence-electron chi connectivity index (χ3n) is 1.46. The van der Waals surface area contributed by atoms with Crippen LogP contribution in [-0.4, -0.2) is 10.1 Å². The van der Waals surface area contributed by atoms with Gasteiger partial charge in [0.1, 0.15) is 11.4 Å². The van der Waals surface area contributed by atoms with E-state index in [1.54, 1.807) is 0 Å². The fourth-order valence-corrected chi connectivity index (χ4v) is 1.08. The SMILES string of the molecule is Oc1cc(Cl)c(C(F)F)nc1C(F)(F)F. The lowest BCUT2D eigenvalue weighted by molar-refractivity contribution is -0.142. The van der Waals surface area contributed by atoms with Crippen molar-refractivity contribution < 1.29 is 27.1 Å². The monoisotopic (exact) mass is 247 g/mol. The molecule has 0 saturated carbocycles. The second-order valence-electron chi connectivity index (χ2n) is 2.52. The Labute approximate surface area is 85.3 Å². The summed E-state index contributed by atoms with van der Waals surface area (Å²) in [5.41, 5.74) is -2.98. The molecule has 0 spiro atoms. The molecule has 1 aromatic heterocycles. The molecule has 1 rings (SSSR count). The molecule has 1 N–H and O–H groups in total. The zero-order valence-electron chi connectivity index (χ0n) is 6.82. The molecule has 1 aromatic rings. The zero-order chi connectivity index (χ0) is 11.8. The van der Waals surface area contributed by atoms with E-state index in [0.29, 0.717) is 6.07 Å². The van der Waals surface area contributed by atoms with Gasteiger partial charge in [0.25, 0.3) is 6.43 Å². The first-order valence-electron chi connectivity index (χ1n) is 3.48. The van der Waals surface area contributed by atoms with Gasteiger partial charge in [-0.25, -0.2) is 13.8 Å². The Morgan fingerprint density at radius 2 is 1.87 bits per heavy atom. The van der Waals surface area contributed by atoms with Gasteiger partial charge in [0.05, 0.1) is 5.02 Å². The summed E-state index contributed by atoms with van der Waals surface area (Å²) in [7, 11) is 0. The van der Waals surface area contributed by atoms with Crippen LogP contribution in [0.1, 0.15) is 17.8 Å². The molecule has 2 nitrogen and oxygen atoms in total. The van der Waals surface area contributed by atoms with Crippen LogP contribution in [-0.2, 0) is 6.18 Å². The minimum Gasteiger partial charge on any atom is -0.506 e. The highest BCUT2D eigenvalue weighted by molar-refractivity contribution is 6.31. The Balaban J connectivity index is 3.37. The molecule has 0 atom stereocenters. The third-order valence-corrected chi connectivity index (χ3v) is 1.76. The first-order chi connectivity index (χ1) is 6.73. The van der Waals surface area contributed by atoms with Gasteiger partial charge >= 0.3 is 6.18 Å². The molecule has 0 radical (unpaired) electrons. The molecule has 1 heterocycles. The van der Waals surface area contributed by atoms with Crippen molar-refractivity contribution >= 4 is 11.6 Å². The van der Waals surface area contributed by atoms with E-state index in [4.69, 9.17) is 16.7 Å². The molecule has 0 aliphatic heterocycles. The summed E-state index contributed by atoms with van der Waals surface area (Å²) in [6, 6.07) is 0.388. The minimum atomic E-state index is -5.00. The zero-order valence-corrected chi connectivity index (χ0v) is 7.57. The van der Waals surface area contributed by atoms with E-state index in [1.807, 2.05) is 0 Å². The smallest absolute Gasteiger partial charge is 0.437 e. The summed E-state index contributed by atoms with van der Waals surface area (Å²) in [6.07, 6.45) is -8.24. The molecule has 0 aromatic carbocycles. The van der Waals surface area contributed by atoms with E-state index in [1.165, 1.54) is 0 Å². The van der Waals surface area contributed by atoms with Crippen LogP contribution >= 0.6 is 11.6 Å². The molecule has 0 fully saturated rings. The second kappa shape index (κ2) is 3.80. The molecule has 0 saturated heterocycles. The van der Waals surface area contributed by atoms with Crippen LogP contribution in [0.15, 0.2) is 6.07 Å². The highest BCUT2D eigenvalue weighted by atomic mass is 35.5. The maximum Gasteiger partial charge on any atom is 0.437 e. The number of aromatic hydroxyl groups is 1. The van der Waals surface area contributed by atoms with Crippen LogP contribution in [0.3, 0.4) is 0 Å². The van der Waals surface area contributed by atoms with E-state index in [-0.39, 0.29) is 0 Å². The van der Waals surface area contributed by atoms with Crippen molar-refractivity contribution in [3.05, 3.63) is 22.5 Å². The normalized spacial score (nSPS) is 12.2. The number of rotatable bonds is 1. The van der Waals surface area contributed by atoms with Crippen LogP contribution < -0.4 is 0 Å². The lowest BCUT2D eigenvalue weighted by Gasteiger charge is -2.10. The summed E-state index contributed by atoms with van der Waals surface area (Å²) in [5.74, 6) is -1.28. The van der Waals surface area contributed by atoms with Crippen molar-refractivity contribution in [3.63, 3.8) is 0 Å². The quantitative estimate of drug-likeness (QED) is 0.772.